The van der Waals surface area contributed by atoms with Crippen molar-refractivity contribution < 1.29 is 22.6 Å². The fourth-order valence-corrected chi connectivity index (χ4v) is 1.84. The molecule has 1 aliphatic carbocycles. The predicted octanol–water partition coefficient (Wildman–Crippen LogP) is 4.41. The van der Waals surface area contributed by atoms with E-state index >= 15 is 0 Å². The topological polar surface area (TPSA) is 18.5 Å². The summed E-state index contributed by atoms with van der Waals surface area (Å²) in [6, 6.07) is 4.26. The Morgan fingerprint density at radius 1 is 1.26 bits per heavy atom. The summed E-state index contributed by atoms with van der Waals surface area (Å²) in [7, 11) is 0. The third-order valence-electron chi connectivity index (χ3n) is 3.13. The summed E-state index contributed by atoms with van der Waals surface area (Å²) < 4.78 is 46.3. The summed E-state index contributed by atoms with van der Waals surface area (Å²) in [5, 5.41) is 0. The highest BCUT2D eigenvalue weighted by Crippen LogP contribution is 2.35. The molecule has 2 rings (SSSR count). The molecule has 2 nitrogen and oxygen atoms in total. The molecule has 1 aliphatic rings. The number of alkyl halides is 3. The quantitative estimate of drug-likeness (QED) is 0.790. The van der Waals surface area contributed by atoms with Crippen molar-refractivity contribution in [2.45, 2.75) is 25.6 Å². The summed E-state index contributed by atoms with van der Waals surface area (Å²) in [5.41, 5.74) is 0.693. The van der Waals surface area contributed by atoms with Crippen LogP contribution in [-0.2, 0) is 0 Å². The maximum absolute atomic E-state index is 12.3. The average molecular weight is 272 g/mol. The lowest BCUT2D eigenvalue weighted by atomic mass is 9.86. The molecule has 0 amide bonds. The van der Waals surface area contributed by atoms with Crippen LogP contribution in [0.2, 0.25) is 0 Å². The molecule has 5 heteroatoms. The van der Waals surface area contributed by atoms with Crippen LogP contribution in [0, 0.1) is 5.92 Å². The second-order valence-corrected chi connectivity index (χ2v) is 4.57. The summed E-state index contributed by atoms with van der Waals surface area (Å²) in [4.78, 5) is 0. The minimum Gasteiger partial charge on any atom is -0.489 e. The molecule has 0 heterocycles. The highest BCUT2D eigenvalue weighted by molar-refractivity contribution is 5.54. The van der Waals surface area contributed by atoms with Crippen LogP contribution < -0.4 is 9.47 Å². The van der Waals surface area contributed by atoms with E-state index in [1.165, 1.54) is 18.2 Å². The Morgan fingerprint density at radius 2 is 2.00 bits per heavy atom. The zero-order valence-electron chi connectivity index (χ0n) is 10.4. The van der Waals surface area contributed by atoms with Crippen LogP contribution in [0.4, 0.5) is 13.2 Å². The summed E-state index contributed by atoms with van der Waals surface area (Å²) >= 11 is 0. The van der Waals surface area contributed by atoms with Gasteiger partial charge in [0.1, 0.15) is 0 Å². The largest absolute Gasteiger partial charge is 0.573 e. The highest BCUT2D eigenvalue weighted by atomic mass is 19.4. The Balaban J connectivity index is 2.12. The molecule has 1 fully saturated rings. The van der Waals surface area contributed by atoms with Crippen molar-refractivity contribution in [3.63, 3.8) is 0 Å². The van der Waals surface area contributed by atoms with Gasteiger partial charge in [-0.2, -0.15) is 0 Å². The lowest BCUT2D eigenvalue weighted by Crippen LogP contribution is -2.21. The molecule has 19 heavy (non-hydrogen) atoms. The molecule has 0 saturated heterocycles. The molecule has 0 aromatic heterocycles. The maximum atomic E-state index is 12.3. The summed E-state index contributed by atoms with van der Waals surface area (Å²) in [6.45, 7) is 4.01. The molecule has 0 radical (unpaired) electrons. The van der Waals surface area contributed by atoms with Crippen LogP contribution >= 0.6 is 0 Å². The van der Waals surface area contributed by atoms with E-state index in [1.54, 1.807) is 6.08 Å². The van der Waals surface area contributed by atoms with E-state index in [2.05, 4.69) is 11.3 Å². The van der Waals surface area contributed by atoms with Crippen molar-refractivity contribution in [2.75, 3.05) is 6.61 Å². The van der Waals surface area contributed by atoms with Gasteiger partial charge in [0.05, 0.1) is 6.61 Å². The molecule has 1 aromatic rings. The van der Waals surface area contributed by atoms with E-state index in [0.29, 0.717) is 18.1 Å². The van der Waals surface area contributed by atoms with Crippen LogP contribution in [0.15, 0.2) is 24.8 Å². The van der Waals surface area contributed by atoms with Gasteiger partial charge in [-0.05, 0) is 36.5 Å². The lowest BCUT2D eigenvalue weighted by molar-refractivity contribution is -0.275. The molecular formula is C14H15F3O2. The van der Waals surface area contributed by atoms with Gasteiger partial charge < -0.3 is 9.47 Å². The summed E-state index contributed by atoms with van der Waals surface area (Å²) in [5.74, 6) is 0.241. The molecule has 0 bridgehead atoms. The Kier molecular flexibility index (Phi) is 4.02. The van der Waals surface area contributed by atoms with Gasteiger partial charge in [-0.25, -0.2) is 0 Å². The Labute approximate surface area is 109 Å². The predicted molar refractivity (Wildman–Crippen MR) is 66.1 cm³/mol. The van der Waals surface area contributed by atoms with Crippen molar-refractivity contribution in [3.05, 3.63) is 30.3 Å². The molecule has 0 atom stereocenters. The molecule has 0 unspecified atom stereocenters. The standard InChI is InChI=1S/C14H15F3O2/c1-2-10-6-7-12(19-14(15,16)17)13(8-10)18-9-11-4-3-5-11/h2,6-8,11H,1,3-5,9H2. The summed E-state index contributed by atoms with van der Waals surface area (Å²) in [6.07, 6.45) is 0.123. The van der Waals surface area contributed by atoms with Gasteiger partial charge >= 0.3 is 6.36 Å². The van der Waals surface area contributed by atoms with Crippen LogP contribution in [0.5, 0.6) is 11.5 Å². The molecule has 0 aliphatic heterocycles. The molecule has 1 saturated carbocycles. The zero-order chi connectivity index (χ0) is 13.9. The van der Waals surface area contributed by atoms with Gasteiger partial charge in [-0.1, -0.05) is 25.1 Å². The van der Waals surface area contributed by atoms with E-state index in [-0.39, 0.29) is 11.5 Å². The monoisotopic (exact) mass is 272 g/mol. The Morgan fingerprint density at radius 3 is 2.53 bits per heavy atom. The number of rotatable bonds is 5. The van der Waals surface area contributed by atoms with Crippen molar-refractivity contribution in [1.82, 2.24) is 0 Å². The fraction of sp³-hybridized carbons (Fsp3) is 0.429. The van der Waals surface area contributed by atoms with Gasteiger partial charge in [-0.15, -0.1) is 13.2 Å². The third kappa shape index (κ3) is 3.91. The first-order valence-corrected chi connectivity index (χ1v) is 6.13. The average Bonchev–Trinajstić information content (AvgIpc) is 2.27. The number of halogens is 3. The first-order chi connectivity index (χ1) is 8.98. The van der Waals surface area contributed by atoms with Gasteiger partial charge in [-0.3, -0.25) is 0 Å². The molecule has 1 aromatic carbocycles. The van der Waals surface area contributed by atoms with E-state index in [0.717, 1.165) is 19.3 Å². The minimum atomic E-state index is -4.72. The first-order valence-electron chi connectivity index (χ1n) is 6.13. The minimum absolute atomic E-state index is 0.113. The van der Waals surface area contributed by atoms with Crippen LogP contribution in [0.3, 0.4) is 0 Å². The third-order valence-corrected chi connectivity index (χ3v) is 3.13. The Bertz CT molecular complexity index is 450. The number of ether oxygens (including phenoxy) is 2. The van der Waals surface area contributed by atoms with Gasteiger partial charge in [0.2, 0.25) is 0 Å². The zero-order valence-corrected chi connectivity index (χ0v) is 10.4. The van der Waals surface area contributed by atoms with Gasteiger partial charge in [0.15, 0.2) is 11.5 Å². The first kappa shape index (κ1) is 13.8. The van der Waals surface area contributed by atoms with Gasteiger partial charge in [0, 0.05) is 0 Å². The van der Waals surface area contributed by atoms with E-state index in [1.807, 2.05) is 0 Å². The van der Waals surface area contributed by atoms with Gasteiger partial charge in [0.25, 0.3) is 0 Å². The molecule has 104 valence electrons. The second kappa shape index (κ2) is 5.55. The molecule has 0 spiro atoms. The van der Waals surface area contributed by atoms with E-state index in [4.69, 9.17) is 4.74 Å². The van der Waals surface area contributed by atoms with Crippen LogP contribution in [0.1, 0.15) is 24.8 Å². The van der Waals surface area contributed by atoms with Crippen molar-refractivity contribution in [2.24, 2.45) is 5.92 Å². The number of hydrogen-bond acceptors (Lipinski definition) is 2. The normalized spacial score (nSPS) is 15.7. The number of hydrogen-bond donors (Lipinski definition) is 0. The fourth-order valence-electron chi connectivity index (χ4n) is 1.84. The SMILES string of the molecule is C=Cc1ccc(OC(F)(F)F)c(OCC2CCC2)c1. The van der Waals surface area contributed by atoms with Crippen molar-refractivity contribution >= 4 is 6.08 Å². The van der Waals surface area contributed by atoms with Crippen LogP contribution in [-0.4, -0.2) is 13.0 Å². The van der Waals surface area contributed by atoms with Crippen molar-refractivity contribution in [1.29, 1.82) is 0 Å². The van der Waals surface area contributed by atoms with Crippen LogP contribution in [0.25, 0.3) is 6.08 Å². The second-order valence-electron chi connectivity index (χ2n) is 4.57. The smallest absolute Gasteiger partial charge is 0.489 e. The lowest BCUT2D eigenvalue weighted by Gasteiger charge is -2.25. The van der Waals surface area contributed by atoms with Crippen molar-refractivity contribution in [3.8, 4) is 11.5 Å². The van der Waals surface area contributed by atoms with E-state index < -0.39 is 6.36 Å². The van der Waals surface area contributed by atoms with E-state index in [9.17, 15) is 13.2 Å². The number of benzene rings is 1. The molecular weight excluding hydrogens is 257 g/mol. The highest BCUT2D eigenvalue weighted by Gasteiger charge is 2.32. The maximum Gasteiger partial charge on any atom is 0.573 e. The molecule has 0 N–H and O–H groups in total. The Hall–Kier alpha value is -1.65.